The fourth-order valence-corrected chi connectivity index (χ4v) is 4.23. The van der Waals surface area contributed by atoms with Gasteiger partial charge in [-0.05, 0) is 37.2 Å². The maximum atomic E-state index is 12.9. The molecule has 6 nitrogen and oxygen atoms in total. The first-order valence-electron chi connectivity index (χ1n) is 10.6. The monoisotopic (exact) mass is 437 g/mol. The highest BCUT2D eigenvalue weighted by Crippen LogP contribution is 2.23. The van der Waals surface area contributed by atoms with Gasteiger partial charge in [-0.15, -0.1) is 0 Å². The Morgan fingerprint density at radius 2 is 1.74 bits per heavy atom. The van der Waals surface area contributed by atoms with Crippen LogP contribution in [-0.4, -0.2) is 58.7 Å². The predicted molar refractivity (Wildman–Crippen MR) is 124 cm³/mol. The lowest BCUT2D eigenvalue weighted by Gasteiger charge is -2.32. The molecule has 1 N–H and O–H groups in total. The zero-order chi connectivity index (χ0) is 21.8. The van der Waals surface area contributed by atoms with Crippen LogP contribution in [0.2, 0.25) is 5.15 Å². The summed E-state index contributed by atoms with van der Waals surface area (Å²) in [7, 11) is 2.16. The van der Waals surface area contributed by atoms with Gasteiger partial charge in [0.15, 0.2) is 0 Å². The predicted octanol–water partition coefficient (Wildman–Crippen LogP) is 3.51. The molecular formula is C24H28ClN5O. The summed E-state index contributed by atoms with van der Waals surface area (Å²) in [4.78, 5) is 17.7. The molecule has 2 heterocycles. The van der Waals surface area contributed by atoms with Crippen LogP contribution >= 0.6 is 11.6 Å². The van der Waals surface area contributed by atoms with Crippen molar-refractivity contribution in [3.05, 3.63) is 82.1 Å². The van der Waals surface area contributed by atoms with Crippen LogP contribution in [0.3, 0.4) is 0 Å². The fourth-order valence-electron chi connectivity index (χ4n) is 3.87. The Morgan fingerprint density at radius 3 is 2.48 bits per heavy atom. The van der Waals surface area contributed by atoms with Gasteiger partial charge in [-0.25, -0.2) is 4.68 Å². The van der Waals surface area contributed by atoms with Crippen molar-refractivity contribution in [2.45, 2.75) is 20.0 Å². The number of para-hydroxylation sites is 1. The van der Waals surface area contributed by atoms with Crippen LogP contribution in [0.1, 0.15) is 27.2 Å². The van der Waals surface area contributed by atoms with Gasteiger partial charge in [0.2, 0.25) is 0 Å². The molecule has 0 unspecified atom stereocenters. The van der Waals surface area contributed by atoms with Gasteiger partial charge >= 0.3 is 0 Å². The van der Waals surface area contributed by atoms with E-state index in [1.807, 2.05) is 36.4 Å². The third kappa shape index (κ3) is 5.15. The minimum Gasteiger partial charge on any atom is -0.348 e. The zero-order valence-electron chi connectivity index (χ0n) is 18.0. The molecule has 0 saturated carbocycles. The van der Waals surface area contributed by atoms with E-state index in [9.17, 15) is 4.79 Å². The lowest BCUT2D eigenvalue weighted by atomic mass is 10.1. The highest BCUT2D eigenvalue weighted by Gasteiger charge is 2.21. The van der Waals surface area contributed by atoms with Gasteiger partial charge in [0, 0.05) is 39.3 Å². The molecule has 4 rings (SSSR count). The molecule has 1 aliphatic rings. The number of halogens is 1. The normalized spacial score (nSPS) is 15.2. The Bertz CT molecular complexity index is 1040. The van der Waals surface area contributed by atoms with Crippen LogP contribution in [0.4, 0.5) is 0 Å². The number of hydrogen-bond acceptors (Lipinski definition) is 4. The molecule has 0 aliphatic carbocycles. The van der Waals surface area contributed by atoms with E-state index < -0.39 is 0 Å². The van der Waals surface area contributed by atoms with Crippen molar-refractivity contribution < 1.29 is 4.79 Å². The Morgan fingerprint density at radius 1 is 1.03 bits per heavy atom. The summed E-state index contributed by atoms with van der Waals surface area (Å²) in [5.41, 5.74) is 4.19. The average Bonchev–Trinajstić information content (AvgIpc) is 3.08. The Hall–Kier alpha value is -2.67. The lowest BCUT2D eigenvalue weighted by Crippen LogP contribution is -2.43. The van der Waals surface area contributed by atoms with Crippen LogP contribution in [-0.2, 0) is 13.1 Å². The number of rotatable bonds is 6. The van der Waals surface area contributed by atoms with E-state index in [1.165, 1.54) is 5.56 Å². The second-order valence-corrected chi connectivity index (χ2v) is 8.44. The van der Waals surface area contributed by atoms with Gasteiger partial charge in [0.1, 0.15) is 5.15 Å². The molecular weight excluding hydrogens is 410 g/mol. The van der Waals surface area contributed by atoms with E-state index in [0.29, 0.717) is 23.0 Å². The molecule has 2 aromatic carbocycles. The molecule has 0 radical (unpaired) electrons. The summed E-state index contributed by atoms with van der Waals surface area (Å²) < 4.78 is 1.60. The number of carbonyl (C=O) groups is 1. The van der Waals surface area contributed by atoms with Crippen molar-refractivity contribution in [1.82, 2.24) is 24.9 Å². The van der Waals surface area contributed by atoms with Gasteiger partial charge in [-0.2, -0.15) is 5.10 Å². The zero-order valence-corrected chi connectivity index (χ0v) is 18.8. The van der Waals surface area contributed by atoms with Crippen LogP contribution in [0.25, 0.3) is 5.69 Å². The summed E-state index contributed by atoms with van der Waals surface area (Å²) in [5, 5.41) is 7.78. The number of piperazine rings is 1. The highest BCUT2D eigenvalue weighted by molar-refractivity contribution is 6.33. The molecule has 0 bridgehead atoms. The third-order valence-electron chi connectivity index (χ3n) is 5.68. The number of carbonyl (C=O) groups excluding carboxylic acids is 1. The van der Waals surface area contributed by atoms with E-state index in [2.05, 4.69) is 45.5 Å². The molecule has 1 aliphatic heterocycles. The fraction of sp³-hybridized carbons (Fsp3) is 0.333. The summed E-state index contributed by atoms with van der Waals surface area (Å²) in [6, 6.07) is 18.0. The number of nitrogens with zero attached hydrogens (tertiary/aromatic N) is 4. The third-order valence-corrected chi connectivity index (χ3v) is 6.03. The van der Waals surface area contributed by atoms with Crippen LogP contribution in [0.5, 0.6) is 0 Å². The molecule has 1 amide bonds. The van der Waals surface area contributed by atoms with Crippen molar-refractivity contribution in [2.24, 2.45) is 0 Å². The molecule has 1 aromatic heterocycles. The first-order chi connectivity index (χ1) is 15.0. The summed E-state index contributed by atoms with van der Waals surface area (Å²) in [6.07, 6.45) is 0. The number of benzene rings is 2. The van der Waals surface area contributed by atoms with E-state index in [0.717, 1.165) is 44.0 Å². The Labute approximate surface area is 188 Å². The van der Waals surface area contributed by atoms with Crippen molar-refractivity contribution in [3.63, 3.8) is 0 Å². The van der Waals surface area contributed by atoms with Crippen molar-refractivity contribution in [1.29, 1.82) is 0 Å². The number of amides is 1. The molecule has 3 aromatic rings. The Balaban J connectivity index is 1.41. The van der Waals surface area contributed by atoms with Gasteiger partial charge < -0.3 is 10.2 Å². The number of hydrogen-bond donors (Lipinski definition) is 1. The van der Waals surface area contributed by atoms with Crippen molar-refractivity contribution in [3.8, 4) is 5.69 Å². The molecule has 0 atom stereocenters. The van der Waals surface area contributed by atoms with Gasteiger partial charge in [-0.3, -0.25) is 9.69 Å². The van der Waals surface area contributed by atoms with Crippen LogP contribution in [0, 0.1) is 6.92 Å². The van der Waals surface area contributed by atoms with Crippen LogP contribution in [0.15, 0.2) is 54.6 Å². The minimum absolute atomic E-state index is 0.214. The Kier molecular flexibility index (Phi) is 6.70. The maximum absolute atomic E-state index is 12.9. The quantitative estimate of drug-likeness (QED) is 0.641. The molecule has 0 spiro atoms. The number of likely N-dealkylation sites (N-methyl/N-ethyl adjacent to an activating group) is 1. The van der Waals surface area contributed by atoms with Gasteiger partial charge in [-0.1, -0.05) is 54.1 Å². The number of aryl methyl sites for hydroxylation is 1. The molecule has 1 fully saturated rings. The van der Waals surface area contributed by atoms with E-state index in [1.54, 1.807) is 11.6 Å². The SMILES string of the molecule is Cc1nn(-c2ccccc2)c(Cl)c1C(=O)NCc1cccc(CN2CCN(C)CC2)c1. The highest BCUT2D eigenvalue weighted by atomic mass is 35.5. The second kappa shape index (κ2) is 9.64. The minimum atomic E-state index is -0.214. The molecule has 7 heteroatoms. The van der Waals surface area contributed by atoms with Crippen LogP contribution < -0.4 is 5.32 Å². The molecule has 162 valence electrons. The summed E-state index contributed by atoms with van der Waals surface area (Å²) in [5.74, 6) is -0.214. The standard InChI is InChI=1S/C24H28ClN5O/c1-18-22(23(25)30(27-18)21-9-4-3-5-10-21)24(31)26-16-19-7-6-8-20(15-19)17-29-13-11-28(2)12-14-29/h3-10,15H,11-14,16-17H2,1-2H3,(H,26,31). The molecule has 1 saturated heterocycles. The lowest BCUT2D eigenvalue weighted by molar-refractivity contribution is 0.0950. The van der Waals surface area contributed by atoms with Crippen molar-refractivity contribution >= 4 is 17.5 Å². The van der Waals surface area contributed by atoms with Gasteiger partial charge in [0.05, 0.1) is 16.9 Å². The number of aromatic nitrogens is 2. The van der Waals surface area contributed by atoms with E-state index in [-0.39, 0.29) is 5.91 Å². The summed E-state index contributed by atoms with van der Waals surface area (Å²) in [6.45, 7) is 7.56. The first-order valence-corrected chi connectivity index (χ1v) is 11.0. The number of nitrogens with one attached hydrogen (secondary N) is 1. The first kappa shape index (κ1) is 21.6. The van der Waals surface area contributed by atoms with Crippen molar-refractivity contribution in [2.75, 3.05) is 33.2 Å². The summed E-state index contributed by atoms with van der Waals surface area (Å²) >= 11 is 6.52. The molecule has 31 heavy (non-hydrogen) atoms. The average molecular weight is 438 g/mol. The maximum Gasteiger partial charge on any atom is 0.256 e. The largest absolute Gasteiger partial charge is 0.348 e. The smallest absolute Gasteiger partial charge is 0.256 e. The van der Waals surface area contributed by atoms with Gasteiger partial charge in [0.25, 0.3) is 5.91 Å². The van der Waals surface area contributed by atoms with E-state index in [4.69, 9.17) is 11.6 Å². The topological polar surface area (TPSA) is 53.4 Å². The second-order valence-electron chi connectivity index (χ2n) is 8.08. The van der Waals surface area contributed by atoms with E-state index >= 15 is 0 Å².